The van der Waals surface area contributed by atoms with Crippen LogP contribution in [-0.2, 0) is 11.2 Å². The average Bonchev–Trinajstić information content (AvgIpc) is 2.96. The van der Waals surface area contributed by atoms with Crippen molar-refractivity contribution in [3.8, 4) is 0 Å². The van der Waals surface area contributed by atoms with E-state index in [0.29, 0.717) is 28.9 Å². The Morgan fingerprint density at radius 2 is 1.92 bits per heavy atom. The van der Waals surface area contributed by atoms with Crippen LogP contribution >= 0.6 is 0 Å². The second-order valence-corrected chi connectivity index (χ2v) is 5.32. The fraction of sp³-hybridized carbons (Fsp3) is 0.167. The summed E-state index contributed by atoms with van der Waals surface area (Å²) in [5.74, 6) is -0.254. The first-order chi connectivity index (χ1) is 12.5. The van der Waals surface area contributed by atoms with E-state index in [1.807, 2.05) is 6.07 Å². The van der Waals surface area contributed by atoms with Gasteiger partial charge in [-0.05, 0) is 18.6 Å². The molecule has 0 fully saturated rings. The smallest absolute Gasteiger partial charge is 0.390 e. The van der Waals surface area contributed by atoms with E-state index in [4.69, 9.17) is 0 Å². The van der Waals surface area contributed by atoms with E-state index < -0.39 is 12.8 Å². The van der Waals surface area contributed by atoms with Crippen LogP contribution in [0, 0.1) is 0 Å². The van der Waals surface area contributed by atoms with Gasteiger partial charge in [0.1, 0.15) is 5.65 Å². The highest BCUT2D eigenvalue weighted by Gasteiger charge is 2.16. The molecule has 0 saturated heterocycles. The predicted molar refractivity (Wildman–Crippen MR) is 89.7 cm³/mol. The molecular formula is C18H14F3N3O2. The molecule has 0 bridgehead atoms. The summed E-state index contributed by atoms with van der Waals surface area (Å²) in [6, 6.07) is 11.9. The Labute approximate surface area is 146 Å². The molecule has 1 aromatic carbocycles. The van der Waals surface area contributed by atoms with Gasteiger partial charge in [0.2, 0.25) is 0 Å². The van der Waals surface area contributed by atoms with E-state index in [1.54, 1.807) is 53.9 Å². The largest absolute Gasteiger partial charge is 0.393 e. The Bertz CT molecular complexity index is 968. The van der Waals surface area contributed by atoms with E-state index >= 15 is 0 Å². The maximum absolute atomic E-state index is 13.4. The summed E-state index contributed by atoms with van der Waals surface area (Å²) in [7, 11) is 0. The molecule has 0 atom stereocenters. The lowest BCUT2D eigenvalue weighted by Gasteiger charge is -2.04. The number of halogens is 3. The minimum absolute atomic E-state index is 0.0741. The number of benzene rings is 1. The molecule has 0 saturated carbocycles. The van der Waals surface area contributed by atoms with Crippen LogP contribution in [0.1, 0.15) is 28.5 Å². The lowest BCUT2D eigenvalue weighted by molar-refractivity contribution is -0.0688. The van der Waals surface area contributed by atoms with E-state index in [9.17, 15) is 18.0 Å². The molecule has 0 amide bonds. The van der Waals surface area contributed by atoms with Gasteiger partial charge in [-0.25, -0.2) is 4.98 Å². The first-order valence-corrected chi connectivity index (χ1v) is 7.79. The highest BCUT2D eigenvalue weighted by molar-refractivity contribution is 6.08. The molecule has 8 heteroatoms. The standard InChI is InChI=1S/C18H14F3N3O2/c1-2-13-16(23-18(21)26-17(19)20)22-14-9-8-12(10-24(13)14)15(25)11-6-4-3-5-7-11/h3-10,17H,2H2,1H3. The number of aryl methyl sites for hydroxylation is 1. The fourth-order valence-corrected chi connectivity index (χ4v) is 2.57. The number of rotatable bonds is 5. The van der Waals surface area contributed by atoms with Crippen LogP contribution in [0.15, 0.2) is 53.7 Å². The van der Waals surface area contributed by atoms with Crippen molar-refractivity contribution in [2.45, 2.75) is 20.0 Å². The first-order valence-electron chi connectivity index (χ1n) is 7.79. The molecule has 134 valence electrons. The van der Waals surface area contributed by atoms with Crippen molar-refractivity contribution in [1.29, 1.82) is 0 Å². The number of hydrogen-bond donors (Lipinski definition) is 0. The molecule has 0 aliphatic carbocycles. The van der Waals surface area contributed by atoms with Crippen LogP contribution in [0.4, 0.5) is 19.0 Å². The quantitative estimate of drug-likeness (QED) is 0.386. The SMILES string of the molecule is CCc1c(N=C(F)OC(F)F)nc2ccc(C(=O)c3ccccc3)cn12. The van der Waals surface area contributed by atoms with E-state index in [1.165, 1.54) is 0 Å². The molecule has 2 aromatic heterocycles. The highest BCUT2D eigenvalue weighted by atomic mass is 19.3. The van der Waals surface area contributed by atoms with Gasteiger partial charge in [-0.3, -0.25) is 4.79 Å². The van der Waals surface area contributed by atoms with Crippen LogP contribution < -0.4 is 0 Å². The Kier molecular flexibility index (Phi) is 5.01. The summed E-state index contributed by atoms with van der Waals surface area (Å²) < 4.78 is 42.7. The molecule has 0 unspecified atom stereocenters. The number of aliphatic imine (C=N–C) groups is 1. The topological polar surface area (TPSA) is 56.0 Å². The number of nitrogens with zero attached hydrogens (tertiary/aromatic N) is 3. The molecule has 3 rings (SSSR count). The Balaban J connectivity index is 2.03. The van der Waals surface area contributed by atoms with Crippen molar-refractivity contribution < 1.29 is 22.7 Å². The summed E-state index contributed by atoms with van der Waals surface area (Å²) in [4.78, 5) is 20.0. The molecule has 0 N–H and O–H groups in total. The number of aromatic nitrogens is 2. The van der Waals surface area contributed by atoms with Crippen LogP contribution in [0.2, 0.25) is 0 Å². The molecule has 5 nitrogen and oxygen atoms in total. The first kappa shape index (κ1) is 17.7. The fourth-order valence-electron chi connectivity index (χ4n) is 2.57. The van der Waals surface area contributed by atoms with E-state index in [-0.39, 0.29) is 11.6 Å². The van der Waals surface area contributed by atoms with Crippen molar-refractivity contribution in [1.82, 2.24) is 9.38 Å². The molecule has 0 aliphatic rings. The van der Waals surface area contributed by atoms with Gasteiger partial charge in [0.15, 0.2) is 11.6 Å². The minimum Gasteiger partial charge on any atom is -0.393 e. The Hall–Kier alpha value is -3.16. The molecular weight excluding hydrogens is 347 g/mol. The zero-order chi connectivity index (χ0) is 18.7. The van der Waals surface area contributed by atoms with Gasteiger partial charge in [-0.1, -0.05) is 37.3 Å². The van der Waals surface area contributed by atoms with Crippen molar-refractivity contribution in [3.05, 3.63) is 65.5 Å². The number of carbonyl (C=O) groups excluding carboxylic acids is 1. The lowest BCUT2D eigenvalue weighted by atomic mass is 10.1. The van der Waals surface area contributed by atoms with Gasteiger partial charge < -0.3 is 9.14 Å². The molecule has 3 aromatic rings. The zero-order valence-corrected chi connectivity index (χ0v) is 13.7. The van der Waals surface area contributed by atoms with Gasteiger partial charge in [0, 0.05) is 17.3 Å². The van der Waals surface area contributed by atoms with Crippen LogP contribution in [0.25, 0.3) is 5.65 Å². The van der Waals surface area contributed by atoms with Crippen molar-refractivity contribution in [2.24, 2.45) is 4.99 Å². The number of alkyl halides is 2. The predicted octanol–water partition coefficient (Wildman–Crippen LogP) is 4.32. The molecule has 0 aliphatic heterocycles. The summed E-state index contributed by atoms with van der Waals surface area (Å²) >= 11 is 0. The third-order valence-electron chi connectivity index (χ3n) is 3.71. The van der Waals surface area contributed by atoms with Crippen LogP contribution in [0.3, 0.4) is 0 Å². The molecule has 0 spiro atoms. The van der Waals surface area contributed by atoms with Gasteiger partial charge in [-0.2, -0.15) is 13.8 Å². The second kappa shape index (κ2) is 7.38. The maximum Gasteiger partial charge on any atom is 0.390 e. The summed E-state index contributed by atoms with van der Waals surface area (Å²) in [6.45, 7) is -1.53. The summed E-state index contributed by atoms with van der Waals surface area (Å²) in [5, 5.41) is 0. The van der Waals surface area contributed by atoms with Crippen molar-refractivity contribution in [3.63, 3.8) is 0 Å². The monoisotopic (exact) mass is 361 g/mol. The molecule has 0 radical (unpaired) electrons. The second-order valence-electron chi connectivity index (χ2n) is 5.32. The van der Waals surface area contributed by atoms with E-state index in [2.05, 4.69) is 14.7 Å². The van der Waals surface area contributed by atoms with Gasteiger partial charge in [0.05, 0.1) is 5.69 Å². The number of ketones is 1. The van der Waals surface area contributed by atoms with Gasteiger partial charge >= 0.3 is 12.8 Å². The van der Waals surface area contributed by atoms with E-state index in [0.717, 1.165) is 0 Å². The highest BCUT2D eigenvalue weighted by Crippen LogP contribution is 2.23. The number of pyridine rings is 1. The van der Waals surface area contributed by atoms with Gasteiger partial charge in [-0.15, -0.1) is 4.39 Å². The van der Waals surface area contributed by atoms with Crippen molar-refractivity contribution >= 4 is 23.4 Å². The number of carbonyl (C=O) groups is 1. The maximum atomic E-state index is 13.4. The lowest BCUT2D eigenvalue weighted by Crippen LogP contribution is -2.04. The molecule has 26 heavy (non-hydrogen) atoms. The third-order valence-corrected chi connectivity index (χ3v) is 3.71. The third kappa shape index (κ3) is 3.58. The number of ether oxygens (including phenoxy) is 1. The minimum atomic E-state index is -3.31. The zero-order valence-electron chi connectivity index (χ0n) is 13.7. The number of imidazole rings is 1. The molecule has 2 heterocycles. The Morgan fingerprint density at radius 1 is 1.19 bits per heavy atom. The average molecular weight is 361 g/mol. The number of hydrogen-bond acceptors (Lipinski definition) is 4. The summed E-state index contributed by atoms with van der Waals surface area (Å²) in [6.07, 6.45) is 0.297. The van der Waals surface area contributed by atoms with Crippen LogP contribution in [-0.4, -0.2) is 27.9 Å². The normalized spacial score (nSPS) is 12.0. The van der Waals surface area contributed by atoms with Gasteiger partial charge in [0.25, 0.3) is 0 Å². The summed E-state index contributed by atoms with van der Waals surface area (Å²) in [5.41, 5.74) is 1.82. The number of fused-ring (bicyclic) bond motifs is 1. The van der Waals surface area contributed by atoms with Crippen molar-refractivity contribution in [2.75, 3.05) is 0 Å². The Morgan fingerprint density at radius 3 is 2.58 bits per heavy atom. The van der Waals surface area contributed by atoms with Crippen LogP contribution in [0.5, 0.6) is 0 Å².